The number of nitriles is 1. The first-order valence-corrected chi connectivity index (χ1v) is 7.67. The SMILES string of the molecule is Cn1cc(-c2cn(-c3ccc(C#N)cc3)c(=O)c3cccnc23)cn1. The van der Waals surface area contributed by atoms with Gasteiger partial charge >= 0.3 is 0 Å². The summed E-state index contributed by atoms with van der Waals surface area (Å²) in [5, 5.41) is 13.7. The molecule has 0 aliphatic heterocycles. The number of benzene rings is 1. The van der Waals surface area contributed by atoms with Crippen molar-refractivity contribution in [3.8, 4) is 22.9 Å². The Balaban J connectivity index is 2.03. The zero-order valence-corrected chi connectivity index (χ0v) is 13.4. The smallest absolute Gasteiger partial charge is 0.264 e. The molecule has 0 N–H and O–H groups in total. The summed E-state index contributed by atoms with van der Waals surface area (Å²) < 4.78 is 3.29. The highest BCUT2D eigenvalue weighted by molar-refractivity contribution is 5.92. The normalized spacial score (nSPS) is 10.7. The van der Waals surface area contributed by atoms with Crippen LogP contribution in [-0.4, -0.2) is 19.3 Å². The van der Waals surface area contributed by atoms with Crippen molar-refractivity contribution in [2.75, 3.05) is 0 Å². The van der Waals surface area contributed by atoms with Gasteiger partial charge in [0.15, 0.2) is 0 Å². The Bertz CT molecular complexity index is 1180. The number of aromatic nitrogens is 4. The van der Waals surface area contributed by atoms with E-state index in [4.69, 9.17) is 5.26 Å². The number of fused-ring (bicyclic) bond motifs is 1. The molecule has 0 atom stereocenters. The van der Waals surface area contributed by atoms with Gasteiger partial charge in [0.25, 0.3) is 5.56 Å². The third kappa shape index (κ3) is 2.48. The standard InChI is InChI=1S/C19H13N5O/c1-23-11-14(10-22-23)17-12-24(15-6-4-13(9-20)5-7-15)19(25)16-3-2-8-21-18(16)17/h2-8,10-12H,1H3. The van der Waals surface area contributed by atoms with Crippen LogP contribution in [-0.2, 0) is 7.05 Å². The molecule has 25 heavy (non-hydrogen) atoms. The summed E-state index contributed by atoms with van der Waals surface area (Å²) in [7, 11) is 1.84. The monoisotopic (exact) mass is 327 g/mol. The predicted molar refractivity (Wildman–Crippen MR) is 94.3 cm³/mol. The minimum absolute atomic E-state index is 0.152. The summed E-state index contributed by atoms with van der Waals surface area (Å²) in [6.07, 6.45) is 7.08. The van der Waals surface area contributed by atoms with Crippen molar-refractivity contribution in [1.82, 2.24) is 19.3 Å². The molecule has 0 saturated heterocycles. The first-order valence-electron chi connectivity index (χ1n) is 7.67. The van der Waals surface area contributed by atoms with Crippen LogP contribution in [0.1, 0.15) is 5.56 Å². The molecule has 0 saturated carbocycles. The first-order chi connectivity index (χ1) is 12.2. The van der Waals surface area contributed by atoms with E-state index in [0.29, 0.717) is 22.2 Å². The summed E-state index contributed by atoms with van der Waals surface area (Å²) in [4.78, 5) is 17.3. The van der Waals surface area contributed by atoms with Crippen LogP contribution in [0.4, 0.5) is 0 Å². The van der Waals surface area contributed by atoms with Crippen LogP contribution in [0.15, 0.2) is 66.0 Å². The molecule has 0 radical (unpaired) electrons. The van der Waals surface area contributed by atoms with Gasteiger partial charge in [-0.05, 0) is 36.4 Å². The van der Waals surface area contributed by atoms with Crippen molar-refractivity contribution >= 4 is 10.9 Å². The highest BCUT2D eigenvalue weighted by Crippen LogP contribution is 2.25. The molecule has 0 unspecified atom stereocenters. The maximum atomic E-state index is 12.9. The minimum atomic E-state index is -0.152. The van der Waals surface area contributed by atoms with Gasteiger partial charge in [-0.15, -0.1) is 0 Å². The lowest BCUT2D eigenvalue weighted by Crippen LogP contribution is -2.18. The number of nitrogens with zero attached hydrogens (tertiary/aromatic N) is 5. The summed E-state index contributed by atoms with van der Waals surface area (Å²) in [5.74, 6) is 0. The molecule has 0 aliphatic carbocycles. The molecule has 0 amide bonds. The molecule has 6 heteroatoms. The second-order valence-corrected chi connectivity index (χ2v) is 5.68. The third-order valence-corrected chi connectivity index (χ3v) is 4.06. The molecule has 6 nitrogen and oxygen atoms in total. The summed E-state index contributed by atoms with van der Waals surface area (Å²) >= 11 is 0. The van der Waals surface area contributed by atoms with Gasteiger partial charge < -0.3 is 0 Å². The Labute approximate surface area is 143 Å². The van der Waals surface area contributed by atoms with Crippen molar-refractivity contribution in [1.29, 1.82) is 5.26 Å². The zero-order chi connectivity index (χ0) is 17.4. The Morgan fingerprint density at radius 1 is 1.12 bits per heavy atom. The number of rotatable bonds is 2. The lowest BCUT2D eigenvalue weighted by molar-refractivity contribution is 0.768. The van der Waals surface area contributed by atoms with Gasteiger partial charge in [0.1, 0.15) is 0 Å². The van der Waals surface area contributed by atoms with E-state index in [1.165, 1.54) is 0 Å². The lowest BCUT2D eigenvalue weighted by atomic mass is 10.1. The fourth-order valence-corrected chi connectivity index (χ4v) is 2.83. The Morgan fingerprint density at radius 3 is 2.60 bits per heavy atom. The van der Waals surface area contributed by atoms with Crippen molar-refractivity contribution in [2.45, 2.75) is 0 Å². The number of pyridine rings is 2. The van der Waals surface area contributed by atoms with Gasteiger partial charge in [0.05, 0.1) is 28.7 Å². The van der Waals surface area contributed by atoms with E-state index < -0.39 is 0 Å². The highest BCUT2D eigenvalue weighted by atomic mass is 16.1. The largest absolute Gasteiger partial charge is 0.283 e. The fraction of sp³-hybridized carbons (Fsp3) is 0.0526. The Morgan fingerprint density at radius 2 is 1.92 bits per heavy atom. The van der Waals surface area contributed by atoms with Crippen molar-refractivity contribution in [3.05, 3.63) is 77.1 Å². The molecule has 0 aliphatic rings. The van der Waals surface area contributed by atoms with Gasteiger partial charge in [-0.3, -0.25) is 19.0 Å². The van der Waals surface area contributed by atoms with Crippen molar-refractivity contribution in [2.24, 2.45) is 7.05 Å². The van der Waals surface area contributed by atoms with E-state index in [0.717, 1.165) is 11.1 Å². The molecular weight excluding hydrogens is 314 g/mol. The molecule has 120 valence electrons. The zero-order valence-electron chi connectivity index (χ0n) is 13.4. The number of aryl methyl sites for hydroxylation is 1. The third-order valence-electron chi connectivity index (χ3n) is 4.06. The Kier molecular flexibility index (Phi) is 3.40. The van der Waals surface area contributed by atoms with Crippen molar-refractivity contribution < 1.29 is 0 Å². The van der Waals surface area contributed by atoms with Crippen LogP contribution in [0.2, 0.25) is 0 Å². The molecule has 0 bridgehead atoms. The molecular formula is C19H13N5O. The average molecular weight is 327 g/mol. The fourth-order valence-electron chi connectivity index (χ4n) is 2.83. The molecule has 0 spiro atoms. The molecule has 4 rings (SSSR count). The Hall–Kier alpha value is -3.72. The molecule has 3 heterocycles. The van der Waals surface area contributed by atoms with Crippen LogP contribution in [0, 0.1) is 11.3 Å². The lowest BCUT2D eigenvalue weighted by Gasteiger charge is -2.11. The van der Waals surface area contributed by atoms with Gasteiger partial charge in [-0.25, -0.2) is 0 Å². The minimum Gasteiger partial charge on any atom is -0.283 e. The topological polar surface area (TPSA) is 76.5 Å². The average Bonchev–Trinajstić information content (AvgIpc) is 3.08. The predicted octanol–water partition coefficient (Wildman–Crippen LogP) is 2.66. The maximum absolute atomic E-state index is 12.9. The second kappa shape index (κ2) is 5.73. The van der Waals surface area contributed by atoms with Crippen LogP contribution in [0.25, 0.3) is 27.7 Å². The molecule has 0 fully saturated rings. The number of hydrogen-bond donors (Lipinski definition) is 0. The van der Waals surface area contributed by atoms with Crippen LogP contribution < -0.4 is 5.56 Å². The van der Waals surface area contributed by atoms with E-state index in [2.05, 4.69) is 16.2 Å². The van der Waals surface area contributed by atoms with Crippen LogP contribution in [0.3, 0.4) is 0 Å². The molecule has 1 aromatic carbocycles. The summed E-state index contributed by atoms with van der Waals surface area (Å²) in [6.45, 7) is 0. The van der Waals surface area contributed by atoms with Crippen LogP contribution >= 0.6 is 0 Å². The maximum Gasteiger partial charge on any atom is 0.264 e. The quantitative estimate of drug-likeness (QED) is 0.567. The van der Waals surface area contributed by atoms with Crippen molar-refractivity contribution in [3.63, 3.8) is 0 Å². The summed E-state index contributed by atoms with van der Waals surface area (Å²) in [6, 6.07) is 12.5. The van der Waals surface area contributed by atoms with Gasteiger partial charge in [0.2, 0.25) is 0 Å². The highest BCUT2D eigenvalue weighted by Gasteiger charge is 2.13. The van der Waals surface area contributed by atoms with Gasteiger partial charge in [-0.1, -0.05) is 0 Å². The van der Waals surface area contributed by atoms with E-state index >= 15 is 0 Å². The van der Waals surface area contributed by atoms with E-state index in [1.807, 2.05) is 13.2 Å². The van der Waals surface area contributed by atoms with Gasteiger partial charge in [-0.2, -0.15) is 10.4 Å². The van der Waals surface area contributed by atoms with E-state index in [1.54, 1.807) is 64.2 Å². The summed E-state index contributed by atoms with van der Waals surface area (Å²) in [5.41, 5.74) is 3.44. The van der Waals surface area contributed by atoms with Crippen LogP contribution in [0.5, 0.6) is 0 Å². The number of hydrogen-bond acceptors (Lipinski definition) is 4. The van der Waals surface area contributed by atoms with E-state index in [-0.39, 0.29) is 5.56 Å². The molecule has 4 aromatic rings. The van der Waals surface area contributed by atoms with E-state index in [9.17, 15) is 4.79 Å². The second-order valence-electron chi connectivity index (χ2n) is 5.68. The molecule has 3 aromatic heterocycles. The first kappa shape index (κ1) is 14.8. The van der Waals surface area contributed by atoms with Gasteiger partial charge in [0, 0.05) is 42.5 Å².